The number of furan rings is 1. The van der Waals surface area contributed by atoms with Gasteiger partial charge in [0.1, 0.15) is 17.1 Å². The van der Waals surface area contributed by atoms with Gasteiger partial charge < -0.3 is 9.52 Å². The molecule has 0 amide bonds. The summed E-state index contributed by atoms with van der Waals surface area (Å²) >= 11 is 0. The lowest BCUT2D eigenvalue weighted by atomic mass is 9.80. The van der Waals surface area contributed by atoms with Gasteiger partial charge in [-0.1, -0.05) is 6.92 Å². The molecule has 0 saturated heterocycles. The van der Waals surface area contributed by atoms with Crippen molar-refractivity contribution in [1.29, 1.82) is 0 Å². The number of fused-ring (bicyclic) bond motifs is 3. The smallest absolute Gasteiger partial charge is 0.141 e. The molecule has 0 aliphatic heterocycles. The number of phenols is 1. The van der Waals surface area contributed by atoms with Gasteiger partial charge >= 0.3 is 0 Å². The summed E-state index contributed by atoms with van der Waals surface area (Å²) in [5.41, 5.74) is 3.60. The van der Waals surface area contributed by atoms with Crippen molar-refractivity contribution in [3.63, 3.8) is 0 Å². The molecule has 0 radical (unpaired) electrons. The molecular weight excluding hydrogens is 216 g/mol. The average Bonchev–Trinajstić information content (AvgIpc) is 2.78. The summed E-state index contributed by atoms with van der Waals surface area (Å²) in [6, 6.07) is 1.75. The number of carbonyl (C=O) groups excluding carboxylic acids is 1. The summed E-state index contributed by atoms with van der Waals surface area (Å²) in [6.45, 7) is 3.82. The highest BCUT2D eigenvalue weighted by atomic mass is 16.3. The highest BCUT2D eigenvalue weighted by molar-refractivity contribution is 5.97. The van der Waals surface area contributed by atoms with Gasteiger partial charge in [-0.25, -0.2) is 0 Å². The Kier molecular flexibility index (Phi) is 2.05. The van der Waals surface area contributed by atoms with Gasteiger partial charge in [0, 0.05) is 17.9 Å². The third kappa shape index (κ3) is 1.25. The van der Waals surface area contributed by atoms with Gasteiger partial charge in [0.05, 0.1) is 11.6 Å². The van der Waals surface area contributed by atoms with Crippen molar-refractivity contribution in [2.24, 2.45) is 0 Å². The van der Waals surface area contributed by atoms with Crippen LogP contribution in [0.2, 0.25) is 0 Å². The summed E-state index contributed by atoms with van der Waals surface area (Å²) in [7, 11) is 0. The van der Waals surface area contributed by atoms with Crippen LogP contribution in [0, 0.1) is 6.92 Å². The maximum Gasteiger partial charge on any atom is 0.141 e. The molecule has 0 spiro atoms. The van der Waals surface area contributed by atoms with Crippen LogP contribution in [0.5, 0.6) is 5.75 Å². The van der Waals surface area contributed by atoms with E-state index in [0.29, 0.717) is 23.8 Å². The second kappa shape index (κ2) is 3.36. The molecule has 2 aromatic rings. The molecule has 0 bridgehead atoms. The highest BCUT2D eigenvalue weighted by Crippen LogP contribution is 2.42. The monoisotopic (exact) mass is 230 g/mol. The number of benzene rings is 1. The Morgan fingerprint density at radius 3 is 2.94 bits per heavy atom. The SMILES string of the molecule is Cc1c2c(c3occc3c1O)C(C)C(=O)CC2. The molecule has 1 aliphatic carbocycles. The van der Waals surface area contributed by atoms with Crippen LogP contribution in [0.15, 0.2) is 16.7 Å². The maximum atomic E-state index is 11.8. The quantitative estimate of drug-likeness (QED) is 0.756. The zero-order chi connectivity index (χ0) is 12.2. The maximum absolute atomic E-state index is 11.8. The predicted octanol–water partition coefficient (Wildman–Crippen LogP) is 3.07. The van der Waals surface area contributed by atoms with E-state index in [9.17, 15) is 9.90 Å². The second-order valence-electron chi connectivity index (χ2n) is 4.72. The van der Waals surface area contributed by atoms with Crippen molar-refractivity contribution in [1.82, 2.24) is 0 Å². The van der Waals surface area contributed by atoms with Crippen molar-refractivity contribution in [3.8, 4) is 5.75 Å². The van der Waals surface area contributed by atoms with Gasteiger partial charge in [-0.05, 0) is 30.5 Å². The predicted molar refractivity (Wildman–Crippen MR) is 64.4 cm³/mol. The second-order valence-corrected chi connectivity index (χ2v) is 4.72. The van der Waals surface area contributed by atoms with Crippen LogP contribution in [-0.2, 0) is 11.2 Å². The Morgan fingerprint density at radius 1 is 1.41 bits per heavy atom. The van der Waals surface area contributed by atoms with Gasteiger partial charge in [0.15, 0.2) is 0 Å². The molecule has 3 nitrogen and oxygen atoms in total. The van der Waals surface area contributed by atoms with Crippen molar-refractivity contribution in [3.05, 3.63) is 29.0 Å². The first-order chi connectivity index (χ1) is 8.11. The number of aromatic hydroxyl groups is 1. The van der Waals surface area contributed by atoms with E-state index in [0.717, 1.165) is 16.7 Å². The number of hydrogen-bond donors (Lipinski definition) is 1. The Balaban J connectivity index is 2.45. The minimum Gasteiger partial charge on any atom is -0.507 e. The minimum absolute atomic E-state index is 0.133. The van der Waals surface area contributed by atoms with Gasteiger partial charge in [0.2, 0.25) is 0 Å². The molecule has 1 aromatic heterocycles. The largest absolute Gasteiger partial charge is 0.507 e. The highest BCUT2D eigenvalue weighted by Gasteiger charge is 2.30. The lowest BCUT2D eigenvalue weighted by molar-refractivity contribution is -0.120. The van der Waals surface area contributed by atoms with Crippen molar-refractivity contribution >= 4 is 16.8 Å². The third-order valence-corrected chi connectivity index (χ3v) is 3.84. The number of Topliss-reactive ketones (excluding diaryl/α,β-unsaturated/α-hetero) is 1. The Labute approximate surface area is 99.0 Å². The van der Waals surface area contributed by atoms with E-state index in [2.05, 4.69) is 0 Å². The van der Waals surface area contributed by atoms with E-state index >= 15 is 0 Å². The van der Waals surface area contributed by atoms with Crippen LogP contribution < -0.4 is 0 Å². The number of carbonyl (C=O) groups is 1. The van der Waals surface area contributed by atoms with Crippen molar-refractivity contribution < 1.29 is 14.3 Å². The fourth-order valence-electron chi connectivity index (χ4n) is 2.79. The lowest BCUT2D eigenvalue weighted by Crippen LogP contribution is -2.19. The fraction of sp³-hybridized carbons (Fsp3) is 0.357. The first-order valence-electron chi connectivity index (χ1n) is 5.85. The molecule has 17 heavy (non-hydrogen) atoms. The Morgan fingerprint density at radius 2 is 2.18 bits per heavy atom. The molecule has 88 valence electrons. The first kappa shape index (κ1) is 10.4. The molecule has 0 saturated carbocycles. The van der Waals surface area contributed by atoms with E-state index in [1.165, 1.54) is 0 Å². The number of ketones is 1. The van der Waals surface area contributed by atoms with E-state index in [1.807, 2.05) is 13.8 Å². The Hall–Kier alpha value is -1.77. The van der Waals surface area contributed by atoms with Gasteiger partial charge in [-0.15, -0.1) is 0 Å². The molecular formula is C14H14O3. The van der Waals surface area contributed by atoms with Gasteiger partial charge in [-0.2, -0.15) is 0 Å². The van der Waals surface area contributed by atoms with Crippen LogP contribution in [0.1, 0.15) is 36.0 Å². The van der Waals surface area contributed by atoms with E-state index in [4.69, 9.17) is 4.42 Å². The van der Waals surface area contributed by atoms with E-state index in [1.54, 1.807) is 12.3 Å². The molecule has 1 atom stereocenters. The standard InChI is InChI=1S/C14H14O3/c1-7-9-3-4-11(15)8(2)12(9)14-10(13(7)16)5-6-17-14/h5-6,8,16H,3-4H2,1-2H3. The zero-order valence-corrected chi connectivity index (χ0v) is 9.91. The summed E-state index contributed by atoms with van der Waals surface area (Å²) in [4.78, 5) is 11.8. The lowest BCUT2D eigenvalue weighted by Gasteiger charge is -2.23. The van der Waals surface area contributed by atoms with Gasteiger partial charge in [-0.3, -0.25) is 4.79 Å². The van der Waals surface area contributed by atoms with Crippen LogP contribution >= 0.6 is 0 Å². The Bertz CT molecular complexity index is 622. The molecule has 1 N–H and O–H groups in total. The molecule has 1 heterocycles. The zero-order valence-electron chi connectivity index (χ0n) is 9.91. The van der Waals surface area contributed by atoms with Gasteiger partial charge in [0.25, 0.3) is 0 Å². The third-order valence-electron chi connectivity index (χ3n) is 3.84. The molecule has 0 fully saturated rings. The van der Waals surface area contributed by atoms with E-state index in [-0.39, 0.29) is 17.5 Å². The summed E-state index contributed by atoms with van der Waals surface area (Å²) < 4.78 is 5.46. The average molecular weight is 230 g/mol. The van der Waals surface area contributed by atoms with Crippen LogP contribution in [0.25, 0.3) is 11.0 Å². The molecule has 1 aliphatic rings. The summed E-state index contributed by atoms with van der Waals surface area (Å²) in [6.07, 6.45) is 2.82. The fourth-order valence-corrected chi connectivity index (χ4v) is 2.79. The summed E-state index contributed by atoms with van der Waals surface area (Å²) in [5.74, 6) is 0.404. The molecule has 1 unspecified atom stereocenters. The topological polar surface area (TPSA) is 50.4 Å². The number of phenolic OH excluding ortho intramolecular Hbond substituents is 1. The van der Waals surface area contributed by atoms with E-state index < -0.39 is 0 Å². The van der Waals surface area contributed by atoms with Crippen LogP contribution in [-0.4, -0.2) is 10.9 Å². The number of hydrogen-bond acceptors (Lipinski definition) is 3. The molecule has 3 heteroatoms. The number of rotatable bonds is 0. The van der Waals surface area contributed by atoms with Crippen molar-refractivity contribution in [2.45, 2.75) is 32.6 Å². The molecule has 1 aromatic carbocycles. The van der Waals surface area contributed by atoms with Crippen LogP contribution in [0.4, 0.5) is 0 Å². The minimum atomic E-state index is -0.133. The molecule has 3 rings (SSSR count). The summed E-state index contributed by atoms with van der Waals surface area (Å²) in [5, 5.41) is 10.8. The van der Waals surface area contributed by atoms with Crippen LogP contribution in [0.3, 0.4) is 0 Å². The van der Waals surface area contributed by atoms with Crippen molar-refractivity contribution in [2.75, 3.05) is 0 Å². The normalized spacial score (nSPS) is 19.6. The first-order valence-corrected chi connectivity index (χ1v) is 5.85.